The summed E-state index contributed by atoms with van der Waals surface area (Å²) in [5.41, 5.74) is 13.1. The van der Waals surface area contributed by atoms with Gasteiger partial charge in [0.05, 0.1) is 28.8 Å². The number of fused-ring (bicyclic) bond motifs is 1. The van der Waals surface area contributed by atoms with Crippen LogP contribution in [0.3, 0.4) is 0 Å². The number of anilines is 1. The van der Waals surface area contributed by atoms with E-state index in [1.54, 1.807) is 11.6 Å². The summed E-state index contributed by atoms with van der Waals surface area (Å²) in [6, 6.07) is 23.7. The van der Waals surface area contributed by atoms with Crippen molar-refractivity contribution in [2.24, 2.45) is 5.73 Å². The summed E-state index contributed by atoms with van der Waals surface area (Å²) in [4.78, 5) is 17.8. The van der Waals surface area contributed by atoms with Gasteiger partial charge < -0.3 is 11.1 Å². The zero-order valence-electron chi connectivity index (χ0n) is 19.4. The number of benzene rings is 3. The second-order valence-electron chi connectivity index (χ2n) is 8.28. The molecule has 6 rings (SSSR count). The third-order valence-electron chi connectivity index (χ3n) is 5.91. The van der Waals surface area contributed by atoms with Crippen LogP contribution in [0.4, 0.5) is 5.69 Å². The van der Waals surface area contributed by atoms with E-state index in [4.69, 9.17) is 5.73 Å². The molecule has 3 aromatic carbocycles. The van der Waals surface area contributed by atoms with E-state index < -0.39 is 0 Å². The number of aromatic amines is 2. The molecule has 3 aromatic heterocycles. The SMILES string of the molecule is Cl.NCc1cccc(-c2cc3cn[nH]c3cc2NC(=O)c2csc(-c3cc(-c4ccccc4)n[nH]3)n2)c1. The monoisotopic (exact) mass is 527 g/mol. The molecule has 37 heavy (non-hydrogen) atoms. The average Bonchev–Trinajstić information content (AvgIpc) is 3.69. The van der Waals surface area contributed by atoms with Crippen LogP contribution in [0.25, 0.3) is 44.0 Å². The van der Waals surface area contributed by atoms with Crippen molar-refractivity contribution in [1.29, 1.82) is 0 Å². The molecule has 0 fully saturated rings. The second kappa shape index (κ2) is 10.4. The maximum absolute atomic E-state index is 13.2. The van der Waals surface area contributed by atoms with E-state index in [1.165, 1.54) is 11.3 Å². The molecule has 0 radical (unpaired) electrons. The van der Waals surface area contributed by atoms with Crippen LogP contribution in [-0.2, 0) is 6.54 Å². The van der Waals surface area contributed by atoms with E-state index in [-0.39, 0.29) is 18.3 Å². The van der Waals surface area contributed by atoms with Crippen molar-refractivity contribution >= 4 is 46.2 Å². The first-order valence-corrected chi connectivity index (χ1v) is 12.2. The molecule has 0 aliphatic carbocycles. The van der Waals surface area contributed by atoms with Gasteiger partial charge in [0.2, 0.25) is 0 Å². The molecule has 8 nitrogen and oxygen atoms in total. The van der Waals surface area contributed by atoms with Crippen molar-refractivity contribution in [3.63, 3.8) is 0 Å². The highest BCUT2D eigenvalue weighted by atomic mass is 35.5. The number of carbonyl (C=O) groups excluding carboxylic acids is 1. The van der Waals surface area contributed by atoms with Crippen LogP contribution in [-0.4, -0.2) is 31.3 Å². The highest BCUT2D eigenvalue weighted by Gasteiger charge is 2.17. The lowest BCUT2D eigenvalue weighted by Crippen LogP contribution is -2.13. The third-order valence-corrected chi connectivity index (χ3v) is 6.79. The number of amides is 1. The Labute approximate surface area is 222 Å². The number of aromatic nitrogens is 5. The number of H-pyrrole nitrogens is 2. The summed E-state index contributed by atoms with van der Waals surface area (Å²) < 4.78 is 0. The lowest BCUT2D eigenvalue weighted by atomic mass is 9.99. The first kappa shape index (κ1) is 24.4. The topological polar surface area (TPSA) is 125 Å². The van der Waals surface area contributed by atoms with Crippen molar-refractivity contribution in [3.05, 3.63) is 95.6 Å². The van der Waals surface area contributed by atoms with Gasteiger partial charge in [-0.2, -0.15) is 10.2 Å². The number of carbonyl (C=O) groups is 1. The van der Waals surface area contributed by atoms with Gasteiger partial charge in [0.1, 0.15) is 10.7 Å². The zero-order valence-corrected chi connectivity index (χ0v) is 21.1. The minimum atomic E-state index is -0.296. The second-order valence-corrected chi connectivity index (χ2v) is 9.14. The van der Waals surface area contributed by atoms with E-state index in [9.17, 15) is 4.79 Å². The van der Waals surface area contributed by atoms with Crippen LogP contribution >= 0.6 is 23.7 Å². The van der Waals surface area contributed by atoms with E-state index >= 15 is 0 Å². The minimum absolute atomic E-state index is 0. The largest absolute Gasteiger partial charge is 0.326 e. The van der Waals surface area contributed by atoms with Gasteiger partial charge in [-0.15, -0.1) is 23.7 Å². The Kier molecular flexibility index (Phi) is 6.82. The van der Waals surface area contributed by atoms with Crippen molar-refractivity contribution in [1.82, 2.24) is 25.4 Å². The standard InChI is InChI=1S/C27H21N7OS.ClH/c28-13-16-5-4-8-18(9-16)20-10-19-14-29-32-22(19)11-23(20)30-26(35)25-15-36-27(31-25)24-12-21(33-34-24)17-6-2-1-3-7-17;/h1-12,14-15H,13,28H2,(H,29,32)(H,30,35)(H,33,34);1H. The fraction of sp³-hybridized carbons (Fsp3) is 0.0370. The molecule has 0 spiro atoms. The number of hydrogen-bond acceptors (Lipinski definition) is 6. The molecule has 184 valence electrons. The van der Waals surface area contributed by atoms with Gasteiger partial charge in [0.15, 0.2) is 0 Å². The Morgan fingerprint density at radius 2 is 1.81 bits per heavy atom. The van der Waals surface area contributed by atoms with Gasteiger partial charge in [-0.1, -0.05) is 48.5 Å². The molecular formula is C27H22ClN7OS. The van der Waals surface area contributed by atoms with Gasteiger partial charge in [-0.05, 0) is 35.4 Å². The molecule has 3 heterocycles. The fourth-order valence-corrected chi connectivity index (χ4v) is 4.84. The van der Waals surface area contributed by atoms with Crippen molar-refractivity contribution in [2.75, 3.05) is 5.32 Å². The van der Waals surface area contributed by atoms with E-state index in [0.717, 1.165) is 44.5 Å². The lowest BCUT2D eigenvalue weighted by Gasteiger charge is -2.12. The number of nitrogens with one attached hydrogen (secondary N) is 3. The Morgan fingerprint density at radius 1 is 0.973 bits per heavy atom. The fourth-order valence-electron chi connectivity index (χ4n) is 4.08. The average molecular weight is 528 g/mol. The van der Waals surface area contributed by atoms with Gasteiger partial charge >= 0.3 is 0 Å². The predicted molar refractivity (Wildman–Crippen MR) is 150 cm³/mol. The molecule has 5 N–H and O–H groups in total. The molecule has 6 aromatic rings. The molecule has 0 saturated carbocycles. The quantitative estimate of drug-likeness (QED) is 0.215. The van der Waals surface area contributed by atoms with Crippen molar-refractivity contribution < 1.29 is 4.79 Å². The number of halogens is 1. The smallest absolute Gasteiger partial charge is 0.275 e. The number of hydrogen-bond donors (Lipinski definition) is 4. The van der Waals surface area contributed by atoms with Crippen LogP contribution < -0.4 is 11.1 Å². The van der Waals surface area contributed by atoms with E-state index in [1.807, 2.05) is 72.8 Å². The molecule has 0 unspecified atom stereocenters. The van der Waals surface area contributed by atoms with Crippen LogP contribution in [0.1, 0.15) is 16.1 Å². The number of nitrogens with zero attached hydrogens (tertiary/aromatic N) is 3. The zero-order chi connectivity index (χ0) is 24.5. The predicted octanol–water partition coefficient (Wildman–Crippen LogP) is 5.88. The first-order valence-electron chi connectivity index (χ1n) is 11.3. The molecule has 0 bridgehead atoms. The molecular weight excluding hydrogens is 506 g/mol. The van der Waals surface area contributed by atoms with E-state index in [0.29, 0.717) is 22.9 Å². The maximum atomic E-state index is 13.2. The highest BCUT2D eigenvalue weighted by molar-refractivity contribution is 7.13. The normalized spacial score (nSPS) is 10.8. The van der Waals surface area contributed by atoms with Crippen LogP contribution in [0.2, 0.25) is 0 Å². The Bertz CT molecular complexity index is 1690. The van der Waals surface area contributed by atoms with Crippen LogP contribution in [0.5, 0.6) is 0 Å². The van der Waals surface area contributed by atoms with Gasteiger partial charge in [0, 0.05) is 28.4 Å². The summed E-state index contributed by atoms with van der Waals surface area (Å²) in [7, 11) is 0. The molecule has 1 amide bonds. The number of thiazole rings is 1. The van der Waals surface area contributed by atoms with Crippen molar-refractivity contribution in [2.45, 2.75) is 6.54 Å². The summed E-state index contributed by atoms with van der Waals surface area (Å²) in [6.45, 7) is 0.435. The highest BCUT2D eigenvalue weighted by Crippen LogP contribution is 2.33. The van der Waals surface area contributed by atoms with Gasteiger partial charge in [0.25, 0.3) is 5.91 Å². The Balaban J connectivity index is 0.00000280. The van der Waals surface area contributed by atoms with E-state index in [2.05, 4.69) is 30.7 Å². The van der Waals surface area contributed by atoms with Gasteiger partial charge in [-0.3, -0.25) is 15.0 Å². The Morgan fingerprint density at radius 3 is 2.65 bits per heavy atom. The van der Waals surface area contributed by atoms with Gasteiger partial charge in [-0.25, -0.2) is 4.98 Å². The van der Waals surface area contributed by atoms with Crippen LogP contribution in [0, 0.1) is 0 Å². The van der Waals surface area contributed by atoms with Crippen LogP contribution in [0.15, 0.2) is 84.4 Å². The maximum Gasteiger partial charge on any atom is 0.275 e. The summed E-state index contributed by atoms with van der Waals surface area (Å²) in [5, 5.41) is 20.9. The summed E-state index contributed by atoms with van der Waals surface area (Å²) >= 11 is 1.39. The van der Waals surface area contributed by atoms with Crippen molar-refractivity contribution in [3.8, 4) is 33.1 Å². The number of rotatable bonds is 6. The first-order chi connectivity index (χ1) is 17.7. The molecule has 0 atom stereocenters. The molecule has 0 aliphatic heterocycles. The number of nitrogens with two attached hydrogens (primary N) is 1. The third kappa shape index (κ3) is 4.88. The minimum Gasteiger partial charge on any atom is -0.326 e. The molecule has 0 saturated heterocycles. The summed E-state index contributed by atoms with van der Waals surface area (Å²) in [5.74, 6) is -0.296. The Hall–Kier alpha value is -4.31. The molecule has 0 aliphatic rings. The lowest BCUT2D eigenvalue weighted by molar-refractivity contribution is 0.102. The summed E-state index contributed by atoms with van der Waals surface area (Å²) in [6.07, 6.45) is 1.76. The molecule has 10 heteroatoms.